The van der Waals surface area contributed by atoms with Crippen LogP contribution in [0.1, 0.15) is 22.3 Å². The molecule has 3 aromatic rings. The van der Waals surface area contributed by atoms with E-state index < -0.39 is 5.60 Å². The molecule has 0 unspecified atom stereocenters. The van der Waals surface area contributed by atoms with Gasteiger partial charge in [0.2, 0.25) is 0 Å². The van der Waals surface area contributed by atoms with Gasteiger partial charge in [0.1, 0.15) is 5.75 Å². The third-order valence-corrected chi connectivity index (χ3v) is 5.64. The highest BCUT2D eigenvalue weighted by Gasteiger charge is 2.51. The van der Waals surface area contributed by atoms with Crippen LogP contribution in [0.3, 0.4) is 0 Å². The lowest BCUT2D eigenvalue weighted by Gasteiger charge is -2.50. The largest absolute Gasteiger partial charge is 0.482 e. The molecule has 1 aromatic heterocycles. The summed E-state index contributed by atoms with van der Waals surface area (Å²) in [5.74, 6) is 0.702. The Labute approximate surface area is 162 Å². The molecule has 1 fully saturated rings. The average molecular weight is 375 g/mol. The zero-order valence-electron chi connectivity index (χ0n) is 15.6. The van der Waals surface area contributed by atoms with Crippen molar-refractivity contribution in [3.05, 3.63) is 65.9 Å². The highest BCUT2D eigenvalue weighted by molar-refractivity contribution is 6.00. The van der Waals surface area contributed by atoms with Gasteiger partial charge in [-0.1, -0.05) is 18.2 Å². The number of Topliss-reactive ketones (excluding diaryl/α,β-unsaturated/α-hetero) is 1. The zero-order chi connectivity index (χ0) is 19.3. The van der Waals surface area contributed by atoms with Crippen molar-refractivity contribution in [3.8, 4) is 5.75 Å². The van der Waals surface area contributed by atoms with Crippen LogP contribution in [0, 0.1) is 0 Å². The second-order valence-corrected chi connectivity index (χ2v) is 7.72. The lowest BCUT2D eigenvalue weighted by atomic mass is 9.84. The molecule has 2 amide bonds. The number of amides is 2. The Hall–Kier alpha value is -3.28. The monoisotopic (exact) mass is 375 g/mol. The highest BCUT2D eigenvalue weighted by Crippen LogP contribution is 2.38. The number of ether oxygens (including phenoxy) is 1. The van der Waals surface area contributed by atoms with Gasteiger partial charge < -0.3 is 19.5 Å². The third-order valence-electron chi connectivity index (χ3n) is 5.64. The van der Waals surface area contributed by atoms with Crippen LogP contribution in [0.2, 0.25) is 0 Å². The second kappa shape index (κ2) is 6.12. The molecular formula is C22H21N3O3. The fraction of sp³-hybridized carbons (Fsp3) is 0.273. The molecule has 142 valence electrons. The predicted molar refractivity (Wildman–Crippen MR) is 105 cm³/mol. The van der Waals surface area contributed by atoms with Crippen molar-refractivity contribution < 1.29 is 14.3 Å². The first-order valence-corrected chi connectivity index (χ1v) is 9.41. The van der Waals surface area contributed by atoms with Gasteiger partial charge >= 0.3 is 6.03 Å². The average Bonchev–Trinajstić information content (AvgIpc) is 3.04. The molecule has 5 rings (SSSR count). The fourth-order valence-electron chi connectivity index (χ4n) is 4.14. The molecule has 6 nitrogen and oxygen atoms in total. The number of urea groups is 1. The van der Waals surface area contributed by atoms with Crippen molar-refractivity contribution in [2.75, 3.05) is 13.1 Å². The number of ketones is 1. The summed E-state index contributed by atoms with van der Waals surface area (Å²) in [7, 11) is 2.01. The zero-order valence-corrected chi connectivity index (χ0v) is 15.6. The van der Waals surface area contributed by atoms with E-state index in [1.165, 1.54) is 5.52 Å². The molecule has 1 saturated heterocycles. The number of carbonyl (C=O) groups is 2. The number of nitrogens with zero attached hydrogens (tertiary/aromatic N) is 2. The van der Waals surface area contributed by atoms with Crippen LogP contribution in [-0.2, 0) is 13.6 Å². The van der Waals surface area contributed by atoms with E-state index in [0.29, 0.717) is 37.4 Å². The number of nitrogens with one attached hydrogen (secondary N) is 1. The number of benzene rings is 2. The Morgan fingerprint density at radius 2 is 2.00 bits per heavy atom. The summed E-state index contributed by atoms with van der Waals surface area (Å²) >= 11 is 0. The quantitative estimate of drug-likeness (QED) is 0.749. The van der Waals surface area contributed by atoms with Crippen molar-refractivity contribution >= 4 is 22.7 Å². The van der Waals surface area contributed by atoms with Crippen LogP contribution >= 0.6 is 0 Å². The molecule has 2 aliphatic rings. The lowest BCUT2D eigenvalue weighted by Crippen LogP contribution is -2.69. The molecule has 1 N–H and O–H groups in total. The topological polar surface area (TPSA) is 63.6 Å². The van der Waals surface area contributed by atoms with E-state index in [4.69, 9.17) is 4.74 Å². The van der Waals surface area contributed by atoms with Gasteiger partial charge in [0.25, 0.3) is 0 Å². The summed E-state index contributed by atoms with van der Waals surface area (Å²) in [5.41, 5.74) is 2.28. The minimum Gasteiger partial charge on any atom is -0.482 e. The molecule has 28 heavy (non-hydrogen) atoms. The summed E-state index contributed by atoms with van der Waals surface area (Å²) in [5, 5.41) is 4.12. The van der Waals surface area contributed by atoms with Crippen LogP contribution in [0.4, 0.5) is 4.79 Å². The van der Waals surface area contributed by atoms with E-state index >= 15 is 0 Å². The smallest absolute Gasteiger partial charge is 0.317 e. The number of aromatic nitrogens is 1. The Morgan fingerprint density at radius 1 is 1.18 bits per heavy atom. The van der Waals surface area contributed by atoms with Gasteiger partial charge in [-0.25, -0.2) is 4.79 Å². The molecule has 2 aliphatic heterocycles. The fourth-order valence-corrected chi connectivity index (χ4v) is 4.14. The molecule has 1 spiro atoms. The van der Waals surface area contributed by atoms with Crippen LogP contribution in [0.15, 0.2) is 54.7 Å². The molecule has 0 radical (unpaired) electrons. The van der Waals surface area contributed by atoms with Crippen molar-refractivity contribution in [2.45, 2.75) is 18.6 Å². The second-order valence-electron chi connectivity index (χ2n) is 7.72. The first-order chi connectivity index (χ1) is 13.5. The van der Waals surface area contributed by atoms with E-state index in [1.807, 2.05) is 37.5 Å². The third kappa shape index (κ3) is 2.72. The van der Waals surface area contributed by atoms with E-state index in [2.05, 4.69) is 28.1 Å². The Bertz CT molecular complexity index is 1100. The van der Waals surface area contributed by atoms with Gasteiger partial charge in [0, 0.05) is 25.3 Å². The van der Waals surface area contributed by atoms with Crippen molar-refractivity contribution in [1.29, 1.82) is 0 Å². The van der Waals surface area contributed by atoms with E-state index in [9.17, 15) is 9.59 Å². The highest BCUT2D eigenvalue weighted by atomic mass is 16.5. The number of rotatable bonds is 2. The molecular weight excluding hydrogens is 354 g/mol. The SMILES string of the molecule is Cn1ccc2cc(CNC(=O)N3CC4(CC(=O)c5ccccc5O4)C3)ccc21. The normalized spacial score (nSPS) is 17.2. The Kier molecular flexibility index (Phi) is 3.69. The van der Waals surface area contributed by atoms with Gasteiger partial charge in [0.15, 0.2) is 11.4 Å². The van der Waals surface area contributed by atoms with Crippen LogP contribution in [0.5, 0.6) is 5.75 Å². The molecule has 2 aromatic carbocycles. The van der Waals surface area contributed by atoms with Crippen LogP contribution < -0.4 is 10.1 Å². The molecule has 0 aliphatic carbocycles. The van der Waals surface area contributed by atoms with E-state index in [0.717, 1.165) is 10.9 Å². The van der Waals surface area contributed by atoms with Gasteiger partial charge in [0.05, 0.1) is 25.1 Å². The number of para-hydroxylation sites is 1. The van der Waals surface area contributed by atoms with Gasteiger partial charge in [-0.15, -0.1) is 0 Å². The van der Waals surface area contributed by atoms with Gasteiger partial charge in [-0.05, 0) is 41.3 Å². The van der Waals surface area contributed by atoms with Crippen molar-refractivity contribution in [1.82, 2.24) is 14.8 Å². The lowest BCUT2D eigenvalue weighted by molar-refractivity contribution is -0.0596. The Morgan fingerprint density at radius 3 is 2.86 bits per heavy atom. The standard InChI is InChI=1S/C22H21N3O3/c1-24-9-8-16-10-15(6-7-18(16)24)12-23-21(27)25-13-22(14-25)11-19(26)17-4-2-3-5-20(17)28-22/h2-10H,11-14H2,1H3,(H,23,27). The van der Waals surface area contributed by atoms with Crippen LogP contribution in [-0.4, -0.2) is 40.0 Å². The van der Waals surface area contributed by atoms with Gasteiger partial charge in [-0.3, -0.25) is 4.79 Å². The maximum atomic E-state index is 12.5. The number of hydrogen-bond donors (Lipinski definition) is 1. The first-order valence-electron chi connectivity index (χ1n) is 9.41. The number of likely N-dealkylation sites (tertiary alicyclic amines) is 1. The molecule has 0 bridgehead atoms. The van der Waals surface area contributed by atoms with E-state index in [1.54, 1.807) is 11.0 Å². The summed E-state index contributed by atoms with van der Waals surface area (Å²) in [6.45, 7) is 1.32. The minimum atomic E-state index is -0.578. The number of fused-ring (bicyclic) bond motifs is 2. The van der Waals surface area contributed by atoms with Crippen LogP contribution in [0.25, 0.3) is 10.9 Å². The van der Waals surface area contributed by atoms with Crippen molar-refractivity contribution in [3.63, 3.8) is 0 Å². The molecule has 0 atom stereocenters. The molecule has 0 saturated carbocycles. The van der Waals surface area contributed by atoms with Crippen molar-refractivity contribution in [2.24, 2.45) is 7.05 Å². The predicted octanol–water partition coefficient (Wildman–Crippen LogP) is 3.11. The minimum absolute atomic E-state index is 0.0815. The summed E-state index contributed by atoms with van der Waals surface area (Å²) in [4.78, 5) is 26.6. The van der Waals surface area contributed by atoms with Gasteiger partial charge in [-0.2, -0.15) is 0 Å². The molecule has 6 heteroatoms. The number of aryl methyl sites for hydroxylation is 1. The number of carbonyl (C=O) groups excluding carboxylic acids is 2. The molecule has 3 heterocycles. The summed E-state index contributed by atoms with van der Waals surface area (Å²) in [6.07, 6.45) is 2.34. The Balaban J connectivity index is 1.20. The van der Waals surface area contributed by atoms with E-state index in [-0.39, 0.29) is 11.8 Å². The maximum Gasteiger partial charge on any atom is 0.317 e. The maximum absolute atomic E-state index is 12.5. The summed E-state index contributed by atoms with van der Waals surface area (Å²) in [6, 6.07) is 15.4. The summed E-state index contributed by atoms with van der Waals surface area (Å²) < 4.78 is 8.14. The first kappa shape index (κ1) is 16.9. The number of hydrogen-bond acceptors (Lipinski definition) is 3.